The van der Waals surface area contributed by atoms with Gasteiger partial charge < -0.3 is 9.88 Å². The fourth-order valence-corrected chi connectivity index (χ4v) is 2.46. The molecule has 0 aliphatic heterocycles. The van der Waals surface area contributed by atoms with Crippen molar-refractivity contribution in [3.63, 3.8) is 0 Å². The average Bonchev–Trinajstić information content (AvgIpc) is 3.25. The van der Waals surface area contributed by atoms with Gasteiger partial charge in [0.2, 0.25) is 0 Å². The maximum absolute atomic E-state index is 2.86. The highest BCUT2D eigenvalue weighted by atomic mass is 15.1. The van der Waals surface area contributed by atoms with Crippen molar-refractivity contribution in [1.29, 1.82) is 0 Å². The van der Waals surface area contributed by atoms with Crippen molar-refractivity contribution in [1.82, 2.24) is 4.98 Å². The van der Waals surface area contributed by atoms with E-state index < -0.39 is 0 Å². The van der Waals surface area contributed by atoms with Crippen LogP contribution in [-0.2, 0) is 0 Å². The quantitative estimate of drug-likeness (QED) is 0.479. The molecule has 4 rings (SSSR count). The van der Waals surface area contributed by atoms with Gasteiger partial charge in [-0.25, -0.2) is 0 Å². The number of H-pyrrole nitrogens is 1. The molecular formula is C22H20N2. The van der Waals surface area contributed by atoms with E-state index in [0.717, 1.165) is 0 Å². The van der Waals surface area contributed by atoms with Crippen LogP contribution in [0.3, 0.4) is 0 Å². The third-order valence-corrected chi connectivity index (χ3v) is 3.54. The summed E-state index contributed by atoms with van der Waals surface area (Å²) in [5.41, 5.74) is 3.50. The average molecular weight is 312 g/mol. The van der Waals surface area contributed by atoms with Gasteiger partial charge in [0.1, 0.15) is 0 Å². The first-order valence-corrected chi connectivity index (χ1v) is 7.98. The van der Waals surface area contributed by atoms with Crippen LogP contribution in [-0.4, -0.2) is 4.98 Å². The van der Waals surface area contributed by atoms with E-state index in [2.05, 4.69) is 82.7 Å². The highest BCUT2D eigenvalue weighted by molar-refractivity contribution is 5.76. The first kappa shape index (κ1) is 15.6. The molecular weight excluding hydrogens is 292 g/mol. The Morgan fingerprint density at radius 3 is 1.00 bits per heavy atom. The molecule has 0 aliphatic carbocycles. The fraction of sp³-hybridized carbons (Fsp3) is 0. The van der Waals surface area contributed by atoms with Gasteiger partial charge in [0.15, 0.2) is 0 Å². The second-order valence-corrected chi connectivity index (χ2v) is 5.23. The lowest BCUT2D eigenvalue weighted by Crippen LogP contribution is -2.09. The fourth-order valence-electron chi connectivity index (χ4n) is 2.46. The van der Waals surface area contributed by atoms with Gasteiger partial charge in [0, 0.05) is 29.5 Å². The van der Waals surface area contributed by atoms with Crippen molar-refractivity contribution < 1.29 is 0 Å². The number of hydrogen-bond acceptors (Lipinski definition) is 1. The Kier molecular flexibility index (Phi) is 5.47. The predicted octanol–water partition coefficient (Wildman–Crippen LogP) is 6.17. The second kappa shape index (κ2) is 8.39. The molecule has 0 bridgehead atoms. The zero-order chi connectivity index (χ0) is 16.5. The Balaban J connectivity index is 0.000000290. The SMILES string of the molecule is c1cc[nH]c1.c1ccc(N(c2ccccc2)c2ccccc2)cc1. The Hall–Kier alpha value is -3.26. The van der Waals surface area contributed by atoms with E-state index in [0.29, 0.717) is 0 Å². The number of anilines is 3. The minimum Gasteiger partial charge on any atom is -0.368 e. The number of hydrogen-bond donors (Lipinski definition) is 1. The summed E-state index contributed by atoms with van der Waals surface area (Å²) < 4.78 is 0. The van der Waals surface area contributed by atoms with E-state index in [9.17, 15) is 0 Å². The van der Waals surface area contributed by atoms with E-state index in [1.165, 1.54) is 17.1 Å². The van der Waals surface area contributed by atoms with Crippen molar-refractivity contribution in [2.24, 2.45) is 0 Å². The van der Waals surface area contributed by atoms with Gasteiger partial charge in [-0.3, -0.25) is 0 Å². The van der Waals surface area contributed by atoms with Gasteiger partial charge in [-0.2, -0.15) is 0 Å². The molecule has 1 aromatic heterocycles. The maximum Gasteiger partial charge on any atom is 0.0461 e. The molecule has 0 aliphatic rings. The standard InChI is InChI=1S/C18H15N.C4H5N/c1-4-10-16(11-5-1)19(17-12-6-2-7-13-17)18-14-8-3-9-15-18;1-2-4-5-3-1/h1-15H;1-5H. The summed E-state index contributed by atoms with van der Waals surface area (Å²) in [4.78, 5) is 5.11. The molecule has 0 radical (unpaired) electrons. The minimum atomic E-state index is 1.17. The normalized spacial score (nSPS) is 9.67. The summed E-state index contributed by atoms with van der Waals surface area (Å²) >= 11 is 0. The zero-order valence-corrected chi connectivity index (χ0v) is 13.4. The lowest BCUT2D eigenvalue weighted by molar-refractivity contribution is 1.28. The van der Waals surface area contributed by atoms with Crippen LogP contribution in [0.15, 0.2) is 116 Å². The number of nitrogens with zero attached hydrogens (tertiary/aromatic N) is 1. The van der Waals surface area contributed by atoms with Crippen LogP contribution in [0.4, 0.5) is 17.1 Å². The monoisotopic (exact) mass is 312 g/mol. The van der Waals surface area contributed by atoms with Crippen molar-refractivity contribution in [3.05, 3.63) is 116 Å². The Bertz CT molecular complexity index is 683. The summed E-state index contributed by atoms with van der Waals surface area (Å²) in [6.07, 6.45) is 3.75. The Morgan fingerprint density at radius 2 is 0.750 bits per heavy atom. The lowest BCUT2D eigenvalue weighted by atomic mass is 10.2. The first-order chi connectivity index (χ1) is 11.9. The molecule has 118 valence electrons. The predicted molar refractivity (Wildman–Crippen MR) is 102 cm³/mol. The van der Waals surface area contributed by atoms with Gasteiger partial charge in [0.05, 0.1) is 0 Å². The summed E-state index contributed by atoms with van der Waals surface area (Å²) in [5.74, 6) is 0. The molecule has 4 aromatic rings. The summed E-state index contributed by atoms with van der Waals surface area (Å²) in [6.45, 7) is 0. The number of aromatic amines is 1. The van der Waals surface area contributed by atoms with E-state index in [1.807, 2.05) is 42.7 Å². The molecule has 0 spiro atoms. The van der Waals surface area contributed by atoms with Crippen LogP contribution >= 0.6 is 0 Å². The molecule has 0 unspecified atom stereocenters. The molecule has 0 saturated heterocycles. The van der Waals surface area contributed by atoms with Gasteiger partial charge in [-0.15, -0.1) is 0 Å². The van der Waals surface area contributed by atoms with Crippen molar-refractivity contribution in [2.45, 2.75) is 0 Å². The van der Waals surface area contributed by atoms with Crippen molar-refractivity contribution >= 4 is 17.1 Å². The zero-order valence-electron chi connectivity index (χ0n) is 13.4. The highest BCUT2D eigenvalue weighted by Gasteiger charge is 2.10. The third-order valence-electron chi connectivity index (χ3n) is 3.54. The van der Waals surface area contributed by atoms with Crippen LogP contribution in [0.2, 0.25) is 0 Å². The molecule has 24 heavy (non-hydrogen) atoms. The molecule has 0 fully saturated rings. The minimum absolute atomic E-state index is 1.17. The van der Waals surface area contributed by atoms with E-state index in [-0.39, 0.29) is 0 Å². The molecule has 2 heteroatoms. The number of aromatic nitrogens is 1. The van der Waals surface area contributed by atoms with Gasteiger partial charge in [0.25, 0.3) is 0 Å². The second-order valence-electron chi connectivity index (χ2n) is 5.23. The summed E-state index contributed by atoms with van der Waals surface area (Å²) in [7, 11) is 0. The largest absolute Gasteiger partial charge is 0.368 e. The Labute approximate surface area is 143 Å². The summed E-state index contributed by atoms with van der Waals surface area (Å²) in [6, 6.07) is 35.1. The van der Waals surface area contributed by atoms with Crippen LogP contribution < -0.4 is 4.90 Å². The van der Waals surface area contributed by atoms with Gasteiger partial charge in [-0.1, -0.05) is 54.6 Å². The molecule has 0 atom stereocenters. The van der Waals surface area contributed by atoms with E-state index in [4.69, 9.17) is 0 Å². The molecule has 1 heterocycles. The van der Waals surface area contributed by atoms with Gasteiger partial charge in [-0.05, 0) is 48.5 Å². The topological polar surface area (TPSA) is 19.0 Å². The van der Waals surface area contributed by atoms with E-state index >= 15 is 0 Å². The Morgan fingerprint density at radius 1 is 0.417 bits per heavy atom. The van der Waals surface area contributed by atoms with E-state index in [1.54, 1.807) is 0 Å². The first-order valence-electron chi connectivity index (χ1n) is 7.98. The molecule has 3 aromatic carbocycles. The molecule has 0 saturated carbocycles. The molecule has 2 nitrogen and oxygen atoms in total. The van der Waals surface area contributed by atoms with Gasteiger partial charge >= 0.3 is 0 Å². The molecule has 1 N–H and O–H groups in total. The number of benzene rings is 3. The number of para-hydroxylation sites is 3. The van der Waals surface area contributed by atoms with Crippen LogP contribution in [0.1, 0.15) is 0 Å². The van der Waals surface area contributed by atoms with Crippen molar-refractivity contribution in [2.75, 3.05) is 4.90 Å². The van der Waals surface area contributed by atoms with Crippen LogP contribution in [0, 0.1) is 0 Å². The number of rotatable bonds is 3. The smallest absolute Gasteiger partial charge is 0.0461 e. The molecule has 0 amide bonds. The third kappa shape index (κ3) is 4.14. The maximum atomic E-state index is 2.86. The highest BCUT2D eigenvalue weighted by Crippen LogP contribution is 2.33. The van der Waals surface area contributed by atoms with Crippen molar-refractivity contribution in [3.8, 4) is 0 Å². The summed E-state index contributed by atoms with van der Waals surface area (Å²) in [5, 5.41) is 0. The van der Waals surface area contributed by atoms with Crippen LogP contribution in [0.25, 0.3) is 0 Å². The number of nitrogens with one attached hydrogen (secondary N) is 1. The lowest BCUT2D eigenvalue weighted by Gasteiger charge is -2.25. The van der Waals surface area contributed by atoms with Crippen LogP contribution in [0.5, 0.6) is 0 Å².